The zero-order valence-corrected chi connectivity index (χ0v) is 7.18. The highest BCUT2D eigenvalue weighted by molar-refractivity contribution is 5.75. The van der Waals surface area contributed by atoms with E-state index in [2.05, 4.69) is 17.6 Å². The Balaban J connectivity index is 2.23. The van der Waals surface area contributed by atoms with Gasteiger partial charge >= 0.3 is 0 Å². The van der Waals surface area contributed by atoms with Crippen molar-refractivity contribution in [1.29, 1.82) is 0 Å². The summed E-state index contributed by atoms with van der Waals surface area (Å²) in [5, 5.41) is 6.24. The average Bonchev–Trinajstić information content (AvgIpc) is 2.35. The van der Waals surface area contributed by atoms with Gasteiger partial charge in [-0.3, -0.25) is 4.79 Å². The first-order chi connectivity index (χ1) is 5.22. The lowest BCUT2D eigenvalue weighted by Crippen LogP contribution is -2.35. The van der Waals surface area contributed by atoms with Crippen molar-refractivity contribution in [2.45, 2.75) is 38.8 Å². The van der Waals surface area contributed by atoms with E-state index in [4.69, 9.17) is 0 Å². The molecule has 2 N–H and O–H groups in total. The molecule has 3 heteroatoms. The average molecular weight is 156 g/mol. The van der Waals surface area contributed by atoms with E-state index in [9.17, 15) is 4.79 Å². The summed E-state index contributed by atoms with van der Waals surface area (Å²) in [6.45, 7) is 4.94. The van der Waals surface area contributed by atoms with Gasteiger partial charge in [0.25, 0.3) is 0 Å². The molecule has 0 bridgehead atoms. The Bertz CT molecular complexity index is 147. The maximum absolute atomic E-state index is 10.9. The van der Waals surface area contributed by atoms with Crippen LogP contribution in [0.25, 0.3) is 0 Å². The number of hydrogen-bond acceptors (Lipinski definition) is 2. The van der Waals surface area contributed by atoms with Gasteiger partial charge in [0.1, 0.15) is 0 Å². The van der Waals surface area contributed by atoms with E-state index in [0.29, 0.717) is 18.5 Å². The molecule has 64 valence electrons. The van der Waals surface area contributed by atoms with Gasteiger partial charge in [-0.15, -0.1) is 0 Å². The van der Waals surface area contributed by atoms with Gasteiger partial charge in [0.05, 0.1) is 0 Å². The molecule has 0 aromatic rings. The fourth-order valence-corrected chi connectivity index (χ4v) is 1.38. The first kappa shape index (κ1) is 8.53. The topological polar surface area (TPSA) is 41.1 Å². The van der Waals surface area contributed by atoms with Gasteiger partial charge in [0, 0.05) is 25.0 Å². The number of amides is 1. The molecule has 2 unspecified atom stereocenters. The maximum Gasteiger partial charge on any atom is 0.219 e. The van der Waals surface area contributed by atoms with Crippen molar-refractivity contribution in [3.8, 4) is 0 Å². The molecule has 1 saturated heterocycles. The number of carbonyl (C=O) groups excluding carboxylic acids is 1. The van der Waals surface area contributed by atoms with Crippen LogP contribution >= 0.6 is 0 Å². The van der Waals surface area contributed by atoms with Crippen molar-refractivity contribution in [2.75, 3.05) is 6.54 Å². The summed E-state index contributed by atoms with van der Waals surface area (Å²) in [5.74, 6) is 0.158. The van der Waals surface area contributed by atoms with Crippen molar-refractivity contribution in [3.05, 3.63) is 0 Å². The molecule has 2 atom stereocenters. The van der Waals surface area contributed by atoms with Gasteiger partial charge in [-0.25, -0.2) is 0 Å². The lowest BCUT2D eigenvalue weighted by Gasteiger charge is -2.09. The lowest BCUT2D eigenvalue weighted by atomic mass is 10.2. The largest absolute Gasteiger partial charge is 0.352 e. The third-order valence-electron chi connectivity index (χ3n) is 2.04. The Morgan fingerprint density at radius 3 is 2.91 bits per heavy atom. The quantitative estimate of drug-likeness (QED) is 0.602. The standard InChI is InChI=1S/C8H16N2O/c1-3-8(11)10-7-4-6(2)9-5-7/h6-7,9H,3-5H2,1-2H3,(H,10,11). The van der Waals surface area contributed by atoms with Crippen LogP contribution < -0.4 is 10.6 Å². The van der Waals surface area contributed by atoms with Crippen LogP contribution in [0.5, 0.6) is 0 Å². The SMILES string of the molecule is CCC(=O)NC1CNC(C)C1. The number of carbonyl (C=O) groups is 1. The Morgan fingerprint density at radius 1 is 1.73 bits per heavy atom. The summed E-state index contributed by atoms with van der Waals surface area (Å²) in [5.41, 5.74) is 0. The van der Waals surface area contributed by atoms with E-state index < -0.39 is 0 Å². The first-order valence-electron chi connectivity index (χ1n) is 4.25. The second kappa shape index (κ2) is 3.72. The van der Waals surface area contributed by atoms with Crippen molar-refractivity contribution in [2.24, 2.45) is 0 Å². The van der Waals surface area contributed by atoms with Crippen molar-refractivity contribution >= 4 is 5.91 Å². The molecule has 1 rings (SSSR count). The van der Waals surface area contributed by atoms with E-state index >= 15 is 0 Å². The molecule has 1 amide bonds. The zero-order valence-electron chi connectivity index (χ0n) is 7.18. The number of hydrogen-bond donors (Lipinski definition) is 2. The molecule has 0 saturated carbocycles. The summed E-state index contributed by atoms with van der Waals surface area (Å²) in [6, 6.07) is 0.912. The van der Waals surface area contributed by atoms with Crippen molar-refractivity contribution in [1.82, 2.24) is 10.6 Å². The van der Waals surface area contributed by atoms with E-state index in [-0.39, 0.29) is 5.91 Å². The van der Waals surface area contributed by atoms with E-state index in [1.165, 1.54) is 0 Å². The third kappa shape index (κ3) is 2.50. The molecule has 0 aliphatic carbocycles. The molecule has 11 heavy (non-hydrogen) atoms. The van der Waals surface area contributed by atoms with Gasteiger partial charge in [-0.1, -0.05) is 6.92 Å². The predicted octanol–water partition coefficient (Wildman–Crippen LogP) is 0.263. The highest BCUT2D eigenvalue weighted by atomic mass is 16.1. The normalized spacial score (nSPS) is 30.4. The first-order valence-corrected chi connectivity index (χ1v) is 4.25. The fraction of sp³-hybridized carbons (Fsp3) is 0.875. The van der Waals surface area contributed by atoms with Crippen LogP contribution in [0.15, 0.2) is 0 Å². The highest BCUT2D eigenvalue weighted by Crippen LogP contribution is 2.04. The predicted molar refractivity (Wildman–Crippen MR) is 44.3 cm³/mol. The van der Waals surface area contributed by atoms with Crippen molar-refractivity contribution in [3.63, 3.8) is 0 Å². The van der Waals surface area contributed by atoms with E-state index in [0.717, 1.165) is 13.0 Å². The second-order valence-corrected chi connectivity index (χ2v) is 3.16. The van der Waals surface area contributed by atoms with E-state index in [1.807, 2.05) is 6.92 Å². The fourth-order valence-electron chi connectivity index (χ4n) is 1.38. The summed E-state index contributed by atoms with van der Waals surface area (Å²) >= 11 is 0. The van der Waals surface area contributed by atoms with Crippen LogP contribution in [0.3, 0.4) is 0 Å². The van der Waals surface area contributed by atoms with Gasteiger partial charge in [0.15, 0.2) is 0 Å². The smallest absolute Gasteiger partial charge is 0.219 e. The molecule has 1 aliphatic heterocycles. The highest BCUT2D eigenvalue weighted by Gasteiger charge is 2.20. The molecule has 1 heterocycles. The van der Waals surface area contributed by atoms with Crippen LogP contribution in [0.2, 0.25) is 0 Å². The molecule has 0 radical (unpaired) electrons. The Labute approximate surface area is 67.5 Å². The molecule has 1 aliphatic rings. The van der Waals surface area contributed by atoms with E-state index in [1.54, 1.807) is 0 Å². The Hall–Kier alpha value is -0.570. The molecule has 3 nitrogen and oxygen atoms in total. The van der Waals surface area contributed by atoms with Gasteiger partial charge < -0.3 is 10.6 Å². The Morgan fingerprint density at radius 2 is 2.45 bits per heavy atom. The summed E-state index contributed by atoms with van der Waals surface area (Å²) < 4.78 is 0. The van der Waals surface area contributed by atoms with Crippen LogP contribution in [0.1, 0.15) is 26.7 Å². The van der Waals surface area contributed by atoms with Crippen LogP contribution in [0, 0.1) is 0 Å². The number of nitrogens with one attached hydrogen (secondary N) is 2. The van der Waals surface area contributed by atoms with Crippen LogP contribution in [0.4, 0.5) is 0 Å². The van der Waals surface area contributed by atoms with Gasteiger partial charge in [0.2, 0.25) is 5.91 Å². The Kier molecular flexibility index (Phi) is 2.88. The van der Waals surface area contributed by atoms with Gasteiger partial charge in [-0.2, -0.15) is 0 Å². The molecule has 0 aromatic carbocycles. The minimum absolute atomic E-state index is 0.158. The molecule has 0 aromatic heterocycles. The zero-order chi connectivity index (χ0) is 8.27. The number of rotatable bonds is 2. The minimum Gasteiger partial charge on any atom is -0.352 e. The summed E-state index contributed by atoms with van der Waals surface area (Å²) in [6.07, 6.45) is 1.65. The molecule has 0 spiro atoms. The molecular formula is C8H16N2O. The molecular weight excluding hydrogens is 140 g/mol. The van der Waals surface area contributed by atoms with Crippen molar-refractivity contribution < 1.29 is 4.79 Å². The molecule has 1 fully saturated rings. The minimum atomic E-state index is 0.158. The second-order valence-electron chi connectivity index (χ2n) is 3.16. The maximum atomic E-state index is 10.9. The summed E-state index contributed by atoms with van der Waals surface area (Å²) in [7, 11) is 0. The summed E-state index contributed by atoms with van der Waals surface area (Å²) in [4.78, 5) is 10.9. The van der Waals surface area contributed by atoms with Crippen LogP contribution in [-0.4, -0.2) is 24.5 Å². The third-order valence-corrected chi connectivity index (χ3v) is 2.04. The lowest BCUT2D eigenvalue weighted by molar-refractivity contribution is -0.121. The van der Waals surface area contributed by atoms with Crippen LogP contribution in [-0.2, 0) is 4.79 Å². The van der Waals surface area contributed by atoms with Gasteiger partial charge in [-0.05, 0) is 13.3 Å². The monoisotopic (exact) mass is 156 g/mol.